The van der Waals surface area contributed by atoms with Crippen LogP contribution in [-0.4, -0.2) is 37.0 Å². The van der Waals surface area contributed by atoms with Gasteiger partial charge >= 0.3 is 0 Å². The summed E-state index contributed by atoms with van der Waals surface area (Å²) in [7, 11) is 0. The van der Waals surface area contributed by atoms with Crippen LogP contribution in [0, 0.1) is 11.8 Å². The van der Waals surface area contributed by atoms with Crippen LogP contribution < -0.4 is 5.32 Å². The number of halogens is 1. The smallest absolute Gasteiger partial charge is 0.222 e. The molecule has 0 spiro atoms. The van der Waals surface area contributed by atoms with Crippen LogP contribution in [0.4, 0.5) is 0 Å². The quantitative estimate of drug-likeness (QED) is 0.769. The number of carbonyl (C=O) groups excluding carboxylic acids is 1. The number of nitrogens with one attached hydrogen (secondary N) is 1. The number of nitrogens with zero attached hydrogens (tertiary/aromatic N) is 1. The van der Waals surface area contributed by atoms with E-state index in [1.807, 2.05) is 6.07 Å². The fraction of sp³-hybridized carbons (Fsp3) is 0.650. The molecular weight excluding hydrogens is 320 g/mol. The van der Waals surface area contributed by atoms with Crippen LogP contribution in [0.3, 0.4) is 0 Å². The van der Waals surface area contributed by atoms with E-state index in [4.69, 9.17) is 0 Å². The fourth-order valence-corrected chi connectivity index (χ4v) is 3.32. The van der Waals surface area contributed by atoms with Gasteiger partial charge in [-0.1, -0.05) is 44.2 Å². The van der Waals surface area contributed by atoms with Crippen molar-refractivity contribution in [1.82, 2.24) is 10.2 Å². The summed E-state index contributed by atoms with van der Waals surface area (Å²) in [5, 5.41) is 3.39. The summed E-state index contributed by atoms with van der Waals surface area (Å²) in [5.74, 6) is 1.59. The lowest BCUT2D eigenvalue weighted by Gasteiger charge is -2.27. The molecule has 0 aromatic heterocycles. The largest absolute Gasteiger partial charge is 0.342 e. The molecule has 1 aromatic rings. The molecule has 0 atom stereocenters. The van der Waals surface area contributed by atoms with E-state index in [2.05, 4.69) is 48.3 Å². The summed E-state index contributed by atoms with van der Waals surface area (Å²) in [6.07, 6.45) is 5.17. The maximum atomic E-state index is 12.7. The molecule has 2 rings (SSSR count). The van der Waals surface area contributed by atoms with E-state index in [0.29, 0.717) is 18.2 Å². The molecule has 1 N–H and O–H groups in total. The molecule has 136 valence electrons. The molecule has 0 radical (unpaired) electrons. The van der Waals surface area contributed by atoms with Crippen LogP contribution in [0.1, 0.15) is 45.1 Å². The normalized spacial score (nSPS) is 15.1. The highest BCUT2D eigenvalue weighted by molar-refractivity contribution is 5.85. The minimum absolute atomic E-state index is 0. The summed E-state index contributed by atoms with van der Waals surface area (Å²) in [6.45, 7) is 8.32. The molecule has 0 aliphatic carbocycles. The zero-order valence-electron chi connectivity index (χ0n) is 15.2. The molecule has 0 unspecified atom stereocenters. The molecule has 1 aliphatic heterocycles. The van der Waals surface area contributed by atoms with Crippen LogP contribution in [0.15, 0.2) is 30.3 Å². The summed E-state index contributed by atoms with van der Waals surface area (Å²) in [4.78, 5) is 14.7. The third-order valence-corrected chi connectivity index (χ3v) is 4.68. The highest BCUT2D eigenvalue weighted by Gasteiger charge is 2.18. The lowest BCUT2D eigenvalue weighted by molar-refractivity contribution is -0.132. The van der Waals surface area contributed by atoms with Crippen molar-refractivity contribution in [2.45, 2.75) is 46.0 Å². The van der Waals surface area contributed by atoms with Gasteiger partial charge in [-0.25, -0.2) is 0 Å². The topological polar surface area (TPSA) is 32.3 Å². The van der Waals surface area contributed by atoms with Crippen molar-refractivity contribution < 1.29 is 4.79 Å². The summed E-state index contributed by atoms with van der Waals surface area (Å²) in [6, 6.07) is 10.5. The summed E-state index contributed by atoms with van der Waals surface area (Å²) < 4.78 is 0. The first-order valence-electron chi connectivity index (χ1n) is 9.17. The second-order valence-electron chi connectivity index (χ2n) is 7.20. The predicted molar refractivity (Wildman–Crippen MR) is 104 cm³/mol. The van der Waals surface area contributed by atoms with Crippen LogP contribution in [0.5, 0.6) is 0 Å². The Labute approximate surface area is 153 Å². The third-order valence-electron chi connectivity index (χ3n) is 4.68. The Morgan fingerprint density at radius 1 is 1.21 bits per heavy atom. The maximum absolute atomic E-state index is 12.7. The van der Waals surface area contributed by atoms with Gasteiger partial charge in [0.2, 0.25) is 5.91 Å². The van der Waals surface area contributed by atoms with Gasteiger partial charge in [-0.05, 0) is 56.2 Å². The number of piperidine rings is 1. The van der Waals surface area contributed by atoms with E-state index in [1.54, 1.807) is 0 Å². The van der Waals surface area contributed by atoms with E-state index in [-0.39, 0.29) is 12.4 Å². The monoisotopic (exact) mass is 352 g/mol. The molecule has 0 bridgehead atoms. The molecule has 1 fully saturated rings. The van der Waals surface area contributed by atoms with Crippen molar-refractivity contribution in [1.29, 1.82) is 0 Å². The Morgan fingerprint density at radius 2 is 1.88 bits per heavy atom. The van der Waals surface area contributed by atoms with Crippen molar-refractivity contribution in [2.75, 3.05) is 26.2 Å². The molecule has 24 heavy (non-hydrogen) atoms. The van der Waals surface area contributed by atoms with Gasteiger partial charge in [-0.3, -0.25) is 4.79 Å². The first-order valence-corrected chi connectivity index (χ1v) is 9.17. The molecular formula is C20H33ClN2O. The standard InChI is InChI=1S/C20H32N2O.ClH/c1-17(2)16-22(15-12-18-6-4-3-5-7-18)20(23)9-8-19-10-13-21-14-11-19;/h3-7,17,19,21H,8-16H2,1-2H3;1H. The van der Waals surface area contributed by atoms with Gasteiger partial charge in [0.25, 0.3) is 0 Å². The summed E-state index contributed by atoms with van der Waals surface area (Å²) in [5.41, 5.74) is 1.31. The second kappa shape index (κ2) is 11.5. The first kappa shape index (κ1) is 21.0. The molecule has 1 aliphatic rings. The van der Waals surface area contributed by atoms with Crippen molar-refractivity contribution in [3.8, 4) is 0 Å². The van der Waals surface area contributed by atoms with Crippen LogP contribution >= 0.6 is 12.4 Å². The SMILES string of the molecule is CC(C)CN(CCc1ccccc1)C(=O)CCC1CCNCC1.Cl. The molecule has 4 heteroatoms. The van der Waals surface area contributed by atoms with Crippen molar-refractivity contribution >= 4 is 18.3 Å². The molecule has 0 saturated carbocycles. The van der Waals surface area contributed by atoms with Crippen molar-refractivity contribution in [3.63, 3.8) is 0 Å². The zero-order chi connectivity index (χ0) is 16.5. The average Bonchev–Trinajstić information content (AvgIpc) is 2.58. The van der Waals surface area contributed by atoms with Gasteiger partial charge in [0.1, 0.15) is 0 Å². The molecule has 3 nitrogen and oxygen atoms in total. The lowest BCUT2D eigenvalue weighted by atomic mass is 9.93. The van der Waals surface area contributed by atoms with E-state index < -0.39 is 0 Å². The average molecular weight is 353 g/mol. The van der Waals surface area contributed by atoms with Crippen LogP contribution in [0.25, 0.3) is 0 Å². The Bertz CT molecular complexity index is 458. The Morgan fingerprint density at radius 3 is 2.50 bits per heavy atom. The lowest BCUT2D eigenvalue weighted by Crippen LogP contribution is -2.36. The number of benzene rings is 1. The van der Waals surface area contributed by atoms with Crippen LogP contribution in [0.2, 0.25) is 0 Å². The number of hydrogen-bond acceptors (Lipinski definition) is 2. The Kier molecular flexibility index (Phi) is 10.0. The number of carbonyl (C=O) groups is 1. The molecule has 1 amide bonds. The number of amides is 1. The number of hydrogen-bond donors (Lipinski definition) is 1. The highest BCUT2D eigenvalue weighted by atomic mass is 35.5. The maximum Gasteiger partial charge on any atom is 0.222 e. The van der Waals surface area contributed by atoms with E-state index >= 15 is 0 Å². The van der Waals surface area contributed by atoms with Crippen LogP contribution in [-0.2, 0) is 11.2 Å². The zero-order valence-corrected chi connectivity index (χ0v) is 16.0. The summed E-state index contributed by atoms with van der Waals surface area (Å²) >= 11 is 0. The van der Waals surface area contributed by atoms with E-state index in [1.165, 1.54) is 18.4 Å². The molecule has 1 aromatic carbocycles. The van der Waals surface area contributed by atoms with Crippen molar-refractivity contribution in [3.05, 3.63) is 35.9 Å². The third kappa shape index (κ3) is 7.67. The van der Waals surface area contributed by atoms with Gasteiger partial charge < -0.3 is 10.2 Å². The van der Waals surface area contributed by atoms with Gasteiger partial charge in [0.05, 0.1) is 0 Å². The molecule has 1 saturated heterocycles. The first-order chi connectivity index (χ1) is 11.1. The van der Waals surface area contributed by atoms with Gasteiger partial charge in [-0.2, -0.15) is 0 Å². The van der Waals surface area contributed by atoms with Gasteiger partial charge in [0.15, 0.2) is 0 Å². The van der Waals surface area contributed by atoms with Gasteiger partial charge in [0, 0.05) is 19.5 Å². The fourth-order valence-electron chi connectivity index (χ4n) is 3.32. The Balaban J connectivity index is 0.00000288. The van der Waals surface area contributed by atoms with E-state index in [0.717, 1.165) is 44.9 Å². The Hall–Kier alpha value is -1.06. The van der Waals surface area contributed by atoms with Gasteiger partial charge in [-0.15, -0.1) is 12.4 Å². The minimum Gasteiger partial charge on any atom is -0.342 e. The number of rotatable bonds is 8. The minimum atomic E-state index is 0. The second-order valence-corrected chi connectivity index (χ2v) is 7.20. The van der Waals surface area contributed by atoms with Crippen molar-refractivity contribution in [2.24, 2.45) is 11.8 Å². The highest BCUT2D eigenvalue weighted by Crippen LogP contribution is 2.18. The molecule has 1 heterocycles. The van der Waals surface area contributed by atoms with E-state index in [9.17, 15) is 4.79 Å². The predicted octanol–water partition coefficient (Wildman–Crippen LogP) is 3.92.